The third kappa shape index (κ3) is 8.24. The van der Waals surface area contributed by atoms with Crippen LogP contribution >= 0.6 is 24.0 Å². The van der Waals surface area contributed by atoms with Crippen LogP contribution in [0.5, 0.6) is 17.4 Å². The van der Waals surface area contributed by atoms with E-state index >= 15 is 0 Å². The molecule has 3 aromatic carbocycles. The number of carbonyl (C=O) groups excluding carboxylic acids is 2. The van der Waals surface area contributed by atoms with E-state index in [0.29, 0.717) is 49.9 Å². The monoisotopic (exact) mass is 763 g/mol. The predicted molar refractivity (Wildman–Crippen MR) is 188 cm³/mol. The Labute approximate surface area is 306 Å². The molecule has 1 aliphatic heterocycles. The van der Waals surface area contributed by atoms with Crippen molar-refractivity contribution in [2.75, 3.05) is 38.1 Å². The summed E-state index contributed by atoms with van der Waals surface area (Å²) in [7, 11) is 1.79. The number of aryl methyl sites for hydroxylation is 1. The third-order valence-corrected chi connectivity index (χ3v) is 8.88. The zero-order valence-corrected chi connectivity index (χ0v) is 29.3. The van der Waals surface area contributed by atoms with Gasteiger partial charge in [-0.15, -0.1) is 12.4 Å². The highest BCUT2D eigenvalue weighted by Crippen LogP contribution is 2.31. The molecule has 3 heterocycles. The van der Waals surface area contributed by atoms with Gasteiger partial charge in [0.1, 0.15) is 35.2 Å². The lowest BCUT2D eigenvalue weighted by molar-refractivity contribution is 0.0619. The smallest absolute Gasteiger partial charge is 0.272 e. The number of alkyl halides is 2. The van der Waals surface area contributed by atoms with Crippen molar-refractivity contribution in [1.82, 2.24) is 19.4 Å². The van der Waals surface area contributed by atoms with Crippen LogP contribution in [0.25, 0.3) is 10.9 Å². The fourth-order valence-corrected chi connectivity index (χ4v) is 6.04. The minimum atomic E-state index is -2.53. The molecule has 9 nitrogen and oxygen atoms in total. The molecule has 5 aromatic rings. The fraction of sp³-hybridized carbons (Fsp3) is 0.250. The highest BCUT2D eigenvalue weighted by molar-refractivity contribution is 6.34. The van der Waals surface area contributed by atoms with E-state index in [2.05, 4.69) is 15.2 Å². The van der Waals surface area contributed by atoms with Gasteiger partial charge in [0.2, 0.25) is 5.88 Å². The molecule has 0 unspecified atom stereocenters. The second kappa shape index (κ2) is 16.2. The quantitative estimate of drug-likeness (QED) is 0.115. The van der Waals surface area contributed by atoms with Crippen LogP contribution in [0.15, 0.2) is 66.9 Å². The molecule has 1 fully saturated rings. The minimum absolute atomic E-state index is 0. The van der Waals surface area contributed by atoms with Crippen molar-refractivity contribution in [3.05, 3.63) is 112 Å². The Morgan fingerprint density at radius 1 is 0.923 bits per heavy atom. The van der Waals surface area contributed by atoms with E-state index in [1.807, 2.05) is 29.2 Å². The highest BCUT2D eigenvalue weighted by atomic mass is 35.5. The number of halogens is 7. The van der Waals surface area contributed by atoms with Crippen LogP contribution in [0.4, 0.5) is 27.6 Å². The lowest BCUT2D eigenvalue weighted by atomic mass is 10.1. The minimum Gasteiger partial charge on any atom is -0.488 e. The van der Waals surface area contributed by atoms with Crippen LogP contribution < -0.4 is 14.8 Å². The van der Waals surface area contributed by atoms with Gasteiger partial charge in [-0.2, -0.15) is 0 Å². The van der Waals surface area contributed by atoms with E-state index in [0.717, 1.165) is 23.4 Å². The maximum Gasteiger partial charge on any atom is 0.272 e. The summed E-state index contributed by atoms with van der Waals surface area (Å²) in [6, 6.07) is 17.0. The second-order valence-electron chi connectivity index (χ2n) is 11.9. The number of anilines is 1. The zero-order valence-electron chi connectivity index (χ0n) is 27.8. The first-order chi connectivity index (χ1) is 24.4. The maximum atomic E-state index is 14.4. The number of pyridine rings is 1. The molecule has 52 heavy (non-hydrogen) atoms. The molecular weight excluding hydrogens is 732 g/mol. The lowest BCUT2D eigenvalue weighted by Crippen LogP contribution is -2.48. The van der Waals surface area contributed by atoms with Gasteiger partial charge in [-0.3, -0.25) is 14.5 Å². The molecular formula is C36H32Cl2F5N5O4. The second-order valence-corrected chi connectivity index (χ2v) is 12.3. The van der Waals surface area contributed by atoms with Crippen molar-refractivity contribution in [3.63, 3.8) is 0 Å². The van der Waals surface area contributed by atoms with E-state index in [4.69, 9.17) is 21.1 Å². The zero-order chi connectivity index (χ0) is 36.4. The first-order valence-corrected chi connectivity index (χ1v) is 16.2. The topological polar surface area (TPSA) is 88.9 Å². The number of amides is 2. The van der Waals surface area contributed by atoms with Gasteiger partial charge in [0, 0.05) is 62.9 Å². The highest BCUT2D eigenvalue weighted by Gasteiger charge is 2.27. The number of piperazine rings is 1. The standard InChI is InChI=1S/C36H31ClF5N5O4.ClH/c1-20-32(40)31(37)30(34(42)33(20)41)35(48)44-23-6-10-29(43-17-23)51-25-9-5-22-15-27(45(2)26(22)16-25)36(49)47-13-11-46(12-14-47)18-21-3-7-24(8-4-21)50-19-28(38)39;/h3-10,15-17,28H,11-14,18-19H2,1-2H3,(H,44,48);1H. The number of benzene rings is 3. The Morgan fingerprint density at radius 3 is 2.27 bits per heavy atom. The molecule has 6 rings (SSSR count). The summed E-state index contributed by atoms with van der Waals surface area (Å²) in [5, 5.41) is 2.31. The van der Waals surface area contributed by atoms with E-state index in [1.54, 1.807) is 35.9 Å². The molecule has 0 radical (unpaired) electrons. The molecule has 16 heteroatoms. The van der Waals surface area contributed by atoms with Crippen molar-refractivity contribution >= 4 is 52.4 Å². The summed E-state index contributed by atoms with van der Waals surface area (Å²) in [6.45, 7) is 3.42. The van der Waals surface area contributed by atoms with Gasteiger partial charge in [0.15, 0.2) is 11.6 Å². The number of fused-ring (bicyclic) bond motifs is 1. The van der Waals surface area contributed by atoms with Crippen LogP contribution in [0, 0.1) is 24.4 Å². The predicted octanol–water partition coefficient (Wildman–Crippen LogP) is 8.02. The average molecular weight is 765 g/mol. The van der Waals surface area contributed by atoms with Crippen LogP contribution in [-0.2, 0) is 13.6 Å². The van der Waals surface area contributed by atoms with E-state index < -0.39 is 52.5 Å². The summed E-state index contributed by atoms with van der Waals surface area (Å²) < 4.78 is 80.1. The first-order valence-electron chi connectivity index (χ1n) is 15.8. The van der Waals surface area contributed by atoms with Gasteiger partial charge >= 0.3 is 0 Å². The number of aromatic nitrogens is 2. The Kier molecular flexibility index (Phi) is 11.9. The van der Waals surface area contributed by atoms with Crippen molar-refractivity contribution in [1.29, 1.82) is 0 Å². The van der Waals surface area contributed by atoms with Gasteiger partial charge in [0.25, 0.3) is 18.2 Å². The van der Waals surface area contributed by atoms with Gasteiger partial charge < -0.3 is 24.3 Å². The maximum absolute atomic E-state index is 14.4. The van der Waals surface area contributed by atoms with Crippen LogP contribution in [0.3, 0.4) is 0 Å². The van der Waals surface area contributed by atoms with E-state index in [1.165, 1.54) is 18.3 Å². The number of hydrogen-bond acceptors (Lipinski definition) is 6. The lowest BCUT2D eigenvalue weighted by Gasteiger charge is -2.34. The Balaban J connectivity index is 0.00000523. The number of nitrogens with one attached hydrogen (secondary N) is 1. The molecule has 1 N–H and O–H groups in total. The molecule has 0 aliphatic carbocycles. The molecule has 0 spiro atoms. The molecule has 1 aliphatic rings. The molecule has 274 valence electrons. The molecule has 1 saturated heterocycles. The number of hydrogen-bond donors (Lipinski definition) is 1. The largest absolute Gasteiger partial charge is 0.488 e. The first kappa shape index (κ1) is 38.3. The summed E-state index contributed by atoms with van der Waals surface area (Å²) >= 11 is 5.79. The van der Waals surface area contributed by atoms with Crippen molar-refractivity contribution < 1.29 is 41.0 Å². The fourth-order valence-electron chi connectivity index (χ4n) is 5.73. The van der Waals surface area contributed by atoms with Gasteiger partial charge in [0.05, 0.1) is 22.4 Å². The number of carbonyl (C=O) groups is 2. The van der Waals surface area contributed by atoms with Crippen molar-refractivity contribution in [2.45, 2.75) is 19.9 Å². The summed E-state index contributed by atoms with van der Waals surface area (Å²) in [6.07, 6.45) is -1.31. The summed E-state index contributed by atoms with van der Waals surface area (Å²) in [4.78, 5) is 34.3. The Bertz CT molecular complexity index is 2060. The van der Waals surface area contributed by atoms with Gasteiger partial charge in [-0.05, 0) is 48.9 Å². The number of ether oxygens (including phenoxy) is 2. The Hall–Kier alpha value is -4.92. The van der Waals surface area contributed by atoms with Crippen LogP contribution in [0.1, 0.15) is 32.0 Å². The normalized spacial score (nSPS) is 13.3. The molecule has 2 amide bonds. The molecule has 0 bridgehead atoms. The van der Waals surface area contributed by atoms with Crippen molar-refractivity contribution in [2.24, 2.45) is 7.05 Å². The number of rotatable bonds is 10. The van der Waals surface area contributed by atoms with Gasteiger partial charge in [-0.25, -0.2) is 26.9 Å². The van der Waals surface area contributed by atoms with E-state index in [-0.39, 0.29) is 29.9 Å². The molecule has 0 saturated carbocycles. The van der Waals surface area contributed by atoms with Crippen LogP contribution in [-0.4, -0.2) is 70.4 Å². The third-order valence-electron chi connectivity index (χ3n) is 8.53. The number of nitrogens with zero attached hydrogens (tertiary/aromatic N) is 4. The average Bonchev–Trinajstić information content (AvgIpc) is 3.45. The molecule has 2 aromatic heterocycles. The molecule has 0 atom stereocenters. The van der Waals surface area contributed by atoms with E-state index in [9.17, 15) is 31.5 Å². The van der Waals surface area contributed by atoms with Crippen molar-refractivity contribution in [3.8, 4) is 17.4 Å². The van der Waals surface area contributed by atoms with Gasteiger partial charge in [-0.1, -0.05) is 23.7 Å². The SMILES string of the molecule is Cc1c(F)c(F)c(C(=O)Nc2ccc(Oc3ccc4cc(C(=O)N5CCN(Cc6ccc(OCC(F)F)cc6)CC5)n(C)c4c3)nc2)c(Cl)c1F.Cl. The Morgan fingerprint density at radius 2 is 1.62 bits per heavy atom. The summed E-state index contributed by atoms with van der Waals surface area (Å²) in [5.41, 5.74) is 0.773. The van der Waals surface area contributed by atoms with Crippen LogP contribution in [0.2, 0.25) is 5.02 Å². The summed E-state index contributed by atoms with van der Waals surface area (Å²) in [5.74, 6) is -4.58.